The summed E-state index contributed by atoms with van der Waals surface area (Å²) in [5, 5.41) is 11.2. The molecule has 0 aromatic carbocycles. The molecule has 1 aliphatic carbocycles. The fourth-order valence-electron chi connectivity index (χ4n) is 7.15. The number of ether oxygens (including phenoxy) is 4. The Balaban J connectivity index is 1.89. The van der Waals surface area contributed by atoms with Crippen LogP contribution in [0.15, 0.2) is 0 Å². The number of aliphatic hydroxyl groups is 1. The quantitative estimate of drug-likeness (QED) is 0.348. The summed E-state index contributed by atoms with van der Waals surface area (Å²) in [6, 6.07) is 0.470. The highest BCUT2D eigenvalue weighted by Gasteiger charge is 2.48. The number of methoxy groups -OCH3 is 1. The van der Waals surface area contributed by atoms with Gasteiger partial charge in [0, 0.05) is 37.7 Å². The van der Waals surface area contributed by atoms with Crippen LogP contribution in [0, 0.1) is 23.2 Å². The van der Waals surface area contributed by atoms with Gasteiger partial charge in [-0.15, -0.1) is 0 Å². The molecular formula is C32H59N3O7. The van der Waals surface area contributed by atoms with Crippen LogP contribution in [-0.2, 0) is 28.5 Å². The SMILES string of the molecule is CCN(C)C1CC([C@@H]2COC(=O)C(C)(C)C(=O)[C@H](C)[C@@H](O[C@@H]3O[C@H](C)C[C@H](N(C)C)[C@H]3O)[C@H](OC)C[C@@H](C)CN2C)C1. The van der Waals surface area contributed by atoms with Crippen molar-refractivity contribution in [1.82, 2.24) is 14.7 Å². The second-order valence-corrected chi connectivity index (χ2v) is 14.1. The Kier molecular flexibility index (Phi) is 12.4. The largest absolute Gasteiger partial charge is 0.463 e. The zero-order valence-corrected chi connectivity index (χ0v) is 28.0. The lowest BCUT2D eigenvalue weighted by atomic mass is 9.74. The van der Waals surface area contributed by atoms with Crippen LogP contribution < -0.4 is 0 Å². The van der Waals surface area contributed by atoms with Gasteiger partial charge >= 0.3 is 5.97 Å². The van der Waals surface area contributed by atoms with Crippen molar-refractivity contribution < 1.29 is 33.6 Å². The van der Waals surface area contributed by atoms with E-state index in [0.29, 0.717) is 24.8 Å². The van der Waals surface area contributed by atoms with Crippen molar-refractivity contribution in [1.29, 1.82) is 0 Å². The Bertz CT molecular complexity index is 895. The Hall–Kier alpha value is -1.14. The normalized spacial score (nSPS) is 41.0. The highest BCUT2D eigenvalue weighted by atomic mass is 16.7. The van der Waals surface area contributed by atoms with Crippen molar-refractivity contribution in [2.45, 2.75) is 116 Å². The minimum atomic E-state index is -1.38. The van der Waals surface area contributed by atoms with E-state index in [4.69, 9.17) is 18.9 Å². The van der Waals surface area contributed by atoms with Gasteiger partial charge in [0.1, 0.15) is 18.1 Å². The first-order chi connectivity index (χ1) is 19.6. The number of esters is 1. The third kappa shape index (κ3) is 7.92. The van der Waals surface area contributed by atoms with Gasteiger partial charge in [-0.3, -0.25) is 14.5 Å². The Labute approximate surface area is 254 Å². The predicted octanol–water partition coefficient (Wildman–Crippen LogP) is 2.66. The summed E-state index contributed by atoms with van der Waals surface area (Å²) in [5.74, 6) is -0.869. The van der Waals surface area contributed by atoms with Gasteiger partial charge < -0.3 is 33.9 Å². The van der Waals surface area contributed by atoms with Crippen LogP contribution in [0.1, 0.15) is 67.2 Å². The number of hydrogen-bond acceptors (Lipinski definition) is 10. The van der Waals surface area contributed by atoms with Gasteiger partial charge in [0.2, 0.25) is 0 Å². The lowest BCUT2D eigenvalue weighted by Crippen LogP contribution is -2.57. The average Bonchev–Trinajstić information content (AvgIpc) is 2.91. The standard InChI is InChI=1S/C32H59N3O7/c1-12-34(9)23-15-22(16-23)25-18-40-31(38)32(5,6)29(37)21(4)28(26(39-11)13-19(2)17-35(25)10)42-30-27(36)24(33(7)8)14-20(3)41-30/h19-28,30,36H,12-18H2,1-11H3/t19-,20-,21-,22?,23?,24+,25+,26-,27-,28-,30+/m1/s1. The molecule has 2 heterocycles. The van der Waals surface area contributed by atoms with Crippen LogP contribution >= 0.6 is 0 Å². The first kappa shape index (κ1) is 35.3. The zero-order valence-electron chi connectivity index (χ0n) is 28.0. The number of nitrogens with zero attached hydrogens (tertiary/aromatic N) is 3. The topological polar surface area (TPSA) is 101 Å². The fraction of sp³-hybridized carbons (Fsp3) is 0.938. The second-order valence-electron chi connectivity index (χ2n) is 14.1. The average molecular weight is 598 g/mol. The first-order valence-corrected chi connectivity index (χ1v) is 15.9. The Morgan fingerprint density at radius 1 is 1.07 bits per heavy atom. The number of cyclic esters (lactones) is 1. The van der Waals surface area contributed by atoms with Crippen molar-refractivity contribution in [2.24, 2.45) is 23.2 Å². The zero-order chi connectivity index (χ0) is 31.5. The van der Waals surface area contributed by atoms with Crippen LogP contribution in [0.4, 0.5) is 0 Å². The Morgan fingerprint density at radius 3 is 2.29 bits per heavy atom. The molecule has 0 bridgehead atoms. The molecule has 0 radical (unpaired) electrons. The molecule has 0 unspecified atom stereocenters. The molecule has 1 saturated carbocycles. The maximum absolute atomic E-state index is 14.0. The maximum atomic E-state index is 14.0. The van der Waals surface area contributed by atoms with Crippen molar-refractivity contribution in [3.8, 4) is 0 Å². The summed E-state index contributed by atoms with van der Waals surface area (Å²) in [6.07, 6.45) is 0.300. The van der Waals surface area contributed by atoms with E-state index in [1.807, 2.05) is 25.9 Å². The molecule has 0 spiro atoms. The summed E-state index contributed by atoms with van der Waals surface area (Å²) in [4.78, 5) is 34.2. The van der Waals surface area contributed by atoms with E-state index in [1.165, 1.54) is 0 Å². The van der Waals surface area contributed by atoms with Gasteiger partial charge in [-0.05, 0) is 93.0 Å². The molecule has 2 aliphatic heterocycles. The molecule has 10 nitrogen and oxygen atoms in total. The summed E-state index contributed by atoms with van der Waals surface area (Å²) in [6.45, 7) is 13.4. The van der Waals surface area contributed by atoms with Crippen LogP contribution in [0.3, 0.4) is 0 Å². The van der Waals surface area contributed by atoms with Crippen molar-refractivity contribution in [3.63, 3.8) is 0 Å². The predicted molar refractivity (Wildman–Crippen MR) is 162 cm³/mol. The van der Waals surface area contributed by atoms with Gasteiger partial charge in [-0.25, -0.2) is 0 Å². The monoisotopic (exact) mass is 597 g/mol. The number of Topliss-reactive ketones (excluding diaryl/α,β-unsaturated/α-hetero) is 1. The smallest absolute Gasteiger partial charge is 0.319 e. The van der Waals surface area contributed by atoms with E-state index in [0.717, 1.165) is 25.9 Å². The molecular weight excluding hydrogens is 538 g/mol. The van der Waals surface area contributed by atoms with E-state index < -0.39 is 41.9 Å². The number of likely N-dealkylation sites (N-methyl/N-ethyl adjacent to an activating group) is 2. The molecule has 0 amide bonds. The van der Waals surface area contributed by atoms with E-state index in [9.17, 15) is 14.7 Å². The van der Waals surface area contributed by atoms with Crippen LogP contribution in [-0.4, -0.2) is 135 Å². The van der Waals surface area contributed by atoms with Crippen LogP contribution in [0.25, 0.3) is 0 Å². The lowest BCUT2D eigenvalue weighted by Gasteiger charge is -2.47. The third-order valence-electron chi connectivity index (χ3n) is 10.3. The molecule has 10 heteroatoms. The third-order valence-corrected chi connectivity index (χ3v) is 10.3. The molecule has 42 heavy (non-hydrogen) atoms. The number of carbonyl (C=O) groups excluding carboxylic acids is 2. The summed E-state index contributed by atoms with van der Waals surface area (Å²) < 4.78 is 24.6. The minimum Gasteiger partial charge on any atom is -0.463 e. The Morgan fingerprint density at radius 2 is 1.71 bits per heavy atom. The van der Waals surface area contributed by atoms with Gasteiger partial charge in [0.25, 0.3) is 0 Å². The molecule has 244 valence electrons. The highest BCUT2D eigenvalue weighted by molar-refractivity contribution is 6.04. The molecule has 0 aromatic rings. The summed E-state index contributed by atoms with van der Waals surface area (Å²) in [7, 11) is 9.76. The number of rotatable bonds is 7. The lowest BCUT2D eigenvalue weighted by molar-refractivity contribution is -0.284. The van der Waals surface area contributed by atoms with E-state index in [-0.39, 0.29) is 36.5 Å². The van der Waals surface area contributed by atoms with E-state index in [2.05, 4.69) is 37.7 Å². The van der Waals surface area contributed by atoms with Crippen molar-refractivity contribution in [3.05, 3.63) is 0 Å². The summed E-state index contributed by atoms with van der Waals surface area (Å²) in [5.41, 5.74) is -1.38. The van der Waals surface area contributed by atoms with Gasteiger partial charge in [-0.2, -0.15) is 0 Å². The first-order valence-electron chi connectivity index (χ1n) is 15.9. The second kappa shape index (κ2) is 14.8. The van der Waals surface area contributed by atoms with Gasteiger partial charge in [-0.1, -0.05) is 20.8 Å². The molecule has 1 N–H and O–H groups in total. The number of hydrogen-bond donors (Lipinski definition) is 1. The van der Waals surface area contributed by atoms with Gasteiger partial charge in [0.05, 0.1) is 18.3 Å². The number of aliphatic hydroxyl groups excluding tert-OH is 1. The van der Waals surface area contributed by atoms with E-state index in [1.54, 1.807) is 27.9 Å². The fourth-order valence-corrected chi connectivity index (χ4v) is 7.15. The molecule has 3 fully saturated rings. The van der Waals surface area contributed by atoms with Gasteiger partial charge in [0.15, 0.2) is 12.1 Å². The van der Waals surface area contributed by atoms with Crippen LogP contribution in [0.5, 0.6) is 0 Å². The molecule has 0 aromatic heterocycles. The summed E-state index contributed by atoms with van der Waals surface area (Å²) >= 11 is 0. The van der Waals surface area contributed by atoms with Crippen molar-refractivity contribution >= 4 is 11.8 Å². The van der Waals surface area contributed by atoms with Crippen molar-refractivity contribution in [2.75, 3.05) is 55.0 Å². The molecule has 9 atom stereocenters. The van der Waals surface area contributed by atoms with Crippen LogP contribution in [0.2, 0.25) is 0 Å². The molecule has 2 saturated heterocycles. The minimum absolute atomic E-state index is 0.0743. The maximum Gasteiger partial charge on any atom is 0.319 e. The molecule has 3 rings (SSSR count). The highest BCUT2D eigenvalue weighted by Crippen LogP contribution is 2.38. The molecule has 3 aliphatic rings. The van der Waals surface area contributed by atoms with E-state index >= 15 is 0 Å². The number of ketones is 1. The number of carbonyl (C=O) groups is 2.